The number of aliphatic hydroxyl groups excluding tert-OH is 1. The number of hydrogen-bond acceptors (Lipinski definition) is 3. The van der Waals surface area contributed by atoms with Gasteiger partial charge in [0.15, 0.2) is 0 Å². The summed E-state index contributed by atoms with van der Waals surface area (Å²) in [6, 6.07) is 0.173. The summed E-state index contributed by atoms with van der Waals surface area (Å²) in [6.45, 7) is 10.1. The number of amides is 1. The number of hydrogen-bond donors (Lipinski definition) is 2. The van der Waals surface area contributed by atoms with Gasteiger partial charge in [-0.1, -0.05) is 0 Å². The Kier molecular flexibility index (Phi) is 8.21. The Morgan fingerprint density at radius 1 is 1.31 bits per heavy atom. The summed E-state index contributed by atoms with van der Waals surface area (Å²) in [5.74, 6) is 0.196. The molecular formula is C12H26N2O2. The monoisotopic (exact) mass is 230 g/mol. The minimum Gasteiger partial charge on any atom is -0.393 e. The van der Waals surface area contributed by atoms with Crippen molar-refractivity contribution in [2.75, 3.05) is 19.6 Å². The third kappa shape index (κ3) is 6.80. The van der Waals surface area contributed by atoms with Crippen LogP contribution in [0.1, 0.15) is 40.5 Å². The number of nitrogens with zero attached hydrogens (tertiary/aromatic N) is 1. The van der Waals surface area contributed by atoms with Gasteiger partial charge >= 0.3 is 0 Å². The summed E-state index contributed by atoms with van der Waals surface area (Å²) in [7, 11) is 0. The molecule has 2 atom stereocenters. The molecule has 0 rings (SSSR count). The lowest BCUT2D eigenvalue weighted by Gasteiger charge is -2.21. The van der Waals surface area contributed by atoms with E-state index in [2.05, 4.69) is 5.32 Å². The van der Waals surface area contributed by atoms with E-state index in [1.165, 1.54) is 0 Å². The topological polar surface area (TPSA) is 52.6 Å². The predicted octanol–water partition coefficient (Wildman–Crippen LogP) is 0.994. The van der Waals surface area contributed by atoms with Gasteiger partial charge in [0.25, 0.3) is 0 Å². The molecule has 0 spiro atoms. The summed E-state index contributed by atoms with van der Waals surface area (Å²) >= 11 is 0. The Bertz CT molecular complexity index is 191. The van der Waals surface area contributed by atoms with Crippen molar-refractivity contribution in [2.45, 2.75) is 52.7 Å². The van der Waals surface area contributed by atoms with Crippen LogP contribution in [0, 0.1) is 0 Å². The molecule has 0 aromatic carbocycles. The van der Waals surface area contributed by atoms with Gasteiger partial charge in [0.1, 0.15) is 0 Å². The highest BCUT2D eigenvalue weighted by molar-refractivity contribution is 5.76. The summed E-state index contributed by atoms with van der Waals surface area (Å²) in [5.41, 5.74) is 0. The van der Waals surface area contributed by atoms with Crippen LogP contribution in [0.5, 0.6) is 0 Å². The van der Waals surface area contributed by atoms with Crippen LogP contribution in [-0.4, -0.2) is 47.7 Å². The average molecular weight is 230 g/mol. The zero-order valence-corrected chi connectivity index (χ0v) is 11.0. The van der Waals surface area contributed by atoms with E-state index >= 15 is 0 Å². The molecule has 0 aromatic heterocycles. The molecule has 96 valence electrons. The Labute approximate surface area is 99.0 Å². The van der Waals surface area contributed by atoms with Gasteiger partial charge in [0.05, 0.1) is 6.10 Å². The van der Waals surface area contributed by atoms with E-state index in [0.29, 0.717) is 6.42 Å². The maximum absolute atomic E-state index is 11.7. The molecule has 4 nitrogen and oxygen atoms in total. The fourth-order valence-corrected chi connectivity index (χ4v) is 1.58. The molecule has 0 saturated heterocycles. The summed E-state index contributed by atoms with van der Waals surface area (Å²) in [6.07, 6.45) is 0.976. The quantitative estimate of drug-likeness (QED) is 0.654. The number of carbonyl (C=O) groups excluding carboxylic acids is 1. The van der Waals surface area contributed by atoms with Crippen molar-refractivity contribution in [3.63, 3.8) is 0 Å². The maximum atomic E-state index is 11.7. The number of aliphatic hydroxyl groups is 1. The van der Waals surface area contributed by atoms with Gasteiger partial charge in [-0.15, -0.1) is 0 Å². The minimum atomic E-state index is -0.279. The molecule has 4 heteroatoms. The minimum absolute atomic E-state index is 0.173. The Morgan fingerprint density at radius 3 is 2.31 bits per heavy atom. The van der Waals surface area contributed by atoms with Gasteiger partial charge in [0, 0.05) is 25.6 Å². The van der Waals surface area contributed by atoms with Crippen LogP contribution >= 0.6 is 0 Å². The molecule has 0 radical (unpaired) electrons. The molecule has 0 aliphatic heterocycles. The van der Waals surface area contributed by atoms with Crippen molar-refractivity contribution in [3.05, 3.63) is 0 Å². The lowest BCUT2D eigenvalue weighted by Crippen LogP contribution is -2.37. The fraction of sp³-hybridized carbons (Fsp3) is 0.917. The third-order valence-corrected chi connectivity index (χ3v) is 2.65. The summed E-state index contributed by atoms with van der Waals surface area (Å²) < 4.78 is 0. The van der Waals surface area contributed by atoms with Crippen LogP contribution < -0.4 is 5.32 Å². The van der Waals surface area contributed by atoms with Crippen molar-refractivity contribution >= 4 is 5.91 Å². The molecule has 16 heavy (non-hydrogen) atoms. The average Bonchev–Trinajstić information content (AvgIpc) is 2.18. The molecule has 0 aromatic rings. The van der Waals surface area contributed by atoms with Crippen molar-refractivity contribution < 1.29 is 9.90 Å². The molecule has 0 heterocycles. The van der Waals surface area contributed by atoms with Crippen molar-refractivity contribution in [3.8, 4) is 0 Å². The van der Waals surface area contributed by atoms with E-state index in [0.717, 1.165) is 26.1 Å². The van der Waals surface area contributed by atoms with Crippen LogP contribution in [-0.2, 0) is 4.79 Å². The van der Waals surface area contributed by atoms with Crippen molar-refractivity contribution in [1.82, 2.24) is 10.2 Å². The van der Waals surface area contributed by atoms with Crippen LogP contribution in [0.2, 0.25) is 0 Å². The normalized spacial score (nSPS) is 14.6. The summed E-state index contributed by atoms with van der Waals surface area (Å²) in [5, 5.41) is 12.3. The SMILES string of the molecule is CCN(CC)C(=O)CC(C)NCCC(C)O. The predicted molar refractivity (Wildman–Crippen MR) is 66.3 cm³/mol. The molecule has 0 aliphatic rings. The van der Waals surface area contributed by atoms with E-state index in [4.69, 9.17) is 5.11 Å². The van der Waals surface area contributed by atoms with Crippen molar-refractivity contribution in [2.24, 2.45) is 0 Å². The Hall–Kier alpha value is -0.610. The number of carbonyl (C=O) groups is 1. The van der Waals surface area contributed by atoms with Gasteiger partial charge in [-0.05, 0) is 40.7 Å². The molecule has 1 amide bonds. The van der Waals surface area contributed by atoms with E-state index in [9.17, 15) is 4.79 Å². The Morgan fingerprint density at radius 2 is 1.88 bits per heavy atom. The standard InChI is InChI=1S/C12H26N2O2/c1-5-14(6-2)12(16)9-10(3)13-8-7-11(4)15/h10-11,13,15H,5-9H2,1-4H3. The van der Waals surface area contributed by atoms with E-state index in [1.807, 2.05) is 25.7 Å². The van der Waals surface area contributed by atoms with Gasteiger partial charge in [-0.3, -0.25) is 4.79 Å². The van der Waals surface area contributed by atoms with Gasteiger partial charge in [0.2, 0.25) is 5.91 Å². The van der Waals surface area contributed by atoms with Gasteiger partial charge < -0.3 is 15.3 Å². The second-order valence-electron chi connectivity index (χ2n) is 4.26. The fourth-order valence-electron chi connectivity index (χ4n) is 1.58. The van der Waals surface area contributed by atoms with Crippen molar-refractivity contribution in [1.29, 1.82) is 0 Å². The number of nitrogens with one attached hydrogen (secondary N) is 1. The van der Waals surface area contributed by atoms with Crippen LogP contribution in [0.3, 0.4) is 0 Å². The molecule has 0 fully saturated rings. The van der Waals surface area contributed by atoms with Crippen LogP contribution in [0.25, 0.3) is 0 Å². The maximum Gasteiger partial charge on any atom is 0.224 e. The first-order chi connectivity index (χ1) is 7.51. The molecule has 0 aliphatic carbocycles. The zero-order chi connectivity index (χ0) is 12.6. The summed E-state index contributed by atoms with van der Waals surface area (Å²) in [4.78, 5) is 13.6. The van der Waals surface area contributed by atoms with Gasteiger partial charge in [-0.25, -0.2) is 0 Å². The van der Waals surface area contributed by atoms with Crippen LogP contribution in [0.15, 0.2) is 0 Å². The third-order valence-electron chi connectivity index (χ3n) is 2.65. The highest BCUT2D eigenvalue weighted by atomic mass is 16.3. The second kappa shape index (κ2) is 8.53. The second-order valence-corrected chi connectivity index (χ2v) is 4.26. The van der Waals surface area contributed by atoms with E-state index in [1.54, 1.807) is 6.92 Å². The molecular weight excluding hydrogens is 204 g/mol. The molecule has 2 unspecified atom stereocenters. The van der Waals surface area contributed by atoms with E-state index in [-0.39, 0.29) is 18.1 Å². The lowest BCUT2D eigenvalue weighted by molar-refractivity contribution is -0.131. The first-order valence-corrected chi connectivity index (χ1v) is 6.20. The van der Waals surface area contributed by atoms with E-state index < -0.39 is 0 Å². The van der Waals surface area contributed by atoms with Crippen LogP contribution in [0.4, 0.5) is 0 Å². The highest BCUT2D eigenvalue weighted by Gasteiger charge is 2.13. The smallest absolute Gasteiger partial charge is 0.224 e. The first-order valence-electron chi connectivity index (χ1n) is 6.20. The number of rotatable bonds is 8. The molecule has 0 bridgehead atoms. The highest BCUT2D eigenvalue weighted by Crippen LogP contribution is 1.99. The first kappa shape index (κ1) is 15.4. The molecule has 2 N–H and O–H groups in total. The largest absolute Gasteiger partial charge is 0.393 e. The zero-order valence-electron chi connectivity index (χ0n) is 11.0. The lowest BCUT2D eigenvalue weighted by atomic mass is 10.2. The van der Waals surface area contributed by atoms with Gasteiger partial charge in [-0.2, -0.15) is 0 Å². The Balaban J connectivity index is 3.77. The molecule has 0 saturated carbocycles.